The minimum absolute atomic E-state index is 0.144. The maximum absolute atomic E-state index is 11.6. The number of nitrogens with one attached hydrogen (secondary N) is 1. The van der Waals surface area contributed by atoms with Crippen LogP contribution in [0.4, 0.5) is 5.69 Å². The van der Waals surface area contributed by atoms with E-state index in [1.165, 1.54) is 0 Å². The molecule has 0 atom stereocenters. The minimum atomic E-state index is 0.144. The van der Waals surface area contributed by atoms with Crippen molar-refractivity contribution in [1.82, 2.24) is 5.32 Å². The topological polar surface area (TPSA) is 55.1 Å². The second-order valence-corrected chi connectivity index (χ2v) is 5.08. The zero-order valence-corrected chi connectivity index (χ0v) is 11.4. The first kappa shape index (κ1) is 14.6. The molecule has 1 aromatic rings. The lowest BCUT2D eigenvalue weighted by molar-refractivity contribution is -0.121. The van der Waals surface area contributed by atoms with E-state index in [0.717, 1.165) is 37.1 Å². The molecule has 0 heterocycles. The molecule has 1 amide bonds. The first-order chi connectivity index (χ1) is 8.59. The lowest BCUT2D eigenvalue weighted by Gasteiger charge is -2.08. The lowest BCUT2D eigenvalue weighted by atomic mass is 10.1. The molecule has 0 aliphatic heterocycles. The van der Waals surface area contributed by atoms with Crippen LogP contribution in [0.25, 0.3) is 0 Å². The molecule has 0 fully saturated rings. The van der Waals surface area contributed by atoms with Crippen LogP contribution in [-0.2, 0) is 11.2 Å². The molecule has 1 aromatic carbocycles. The second-order valence-electron chi connectivity index (χ2n) is 5.08. The van der Waals surface area contributed by atoms with Crippen LogP contribution in [0.2, 0.25) is 0 Å². The summed E-state index contributed by atoms with van der Waals surface area (Å²) in [6.07, 6.45) is 3.33. The second kappa shape index (κ2) is 7.75. The molecule has 0 aliphatic carbocycles. The van der Waals surface area contributed by atoms with Crippen molar-refractivity contribution in [3.05, 3.63) is 29.8 Å². The Morgan fingerprint density at radius 3 is 2.72 bits per heavy atom. The summed E-state index contributed by atoms with van der Waals surface area (Å²) in [7, 11) is 0. The van der Waals surface area contributed by atoms with Gasteiger partial charge in [-0.3, -0.25) is 4.79 Å². The molecular weight excluding hydrogens is 224 g/mol. The van der Waals surface area contributed by atoms with E-state index in [1.807, 2.05) is 24.3 Å². The fourth-order valence-corrected chi connectivity index (χ4v) is 1.79. The molecule has 0 saturated heterocycles. The van der Waals surface area contributed by atoms with Gasteiger partial charge in [-0.1, -0.05) is 32.0 Å². The fraction of sp³-hybridized carbons (Fsp3) is 0.533. The summed E-state index contributed by atoms with van der Waals surface area (Å²) in [5.74, 6) is 0.777. The van der Waals surface area contributed by atoms with Gasteiger partial charge in [-0.2, -0.15) is 0 Å². The van der Waals surface area contributed by atoms with E-state index < -0.39 is 0 Å². The number of rotatable bonds is 7. The number of benzene rings is 1. The van der Waals surface area contributed by atoms with Crippen molar-refractivity contribution in [2.45, 2.75) is 39.5 Å². The first-order valence-electron chi connectivity index (χ1n) is 6.69. The Morgan fingerprint density at radius 2 is 2.06 bits per heavy atom. The zero-order chi connectivity index (χ0) is 13.4. The van der Waals surface area contributed by atoms with E-state index >= 15 is 0 Å². The predicted octanol–water partition coefficient (Wildman–Crippen LogP) is 2.75. The zero-order valence-electron chi connectivity index (χ0n) is 11.4. The van der Waals surface area contributed by atoms with Crippen molar-refractivity contribution in [3.63, 3.8) is 0 Å². The first-order valence-corrected chi connectivity index (χ1v) is 6.69. The summed E-state index contributed by atoms with van der Waals surface area (Å²) < 4.78 is 0. The van der Waals surface area contributed by atoms with Crippen molar-refractivity contribution in [2.24, 2.45) is 5.92 Å². The number of amides is 1. The van der Waals surface area contributed by atoms with Crippen LogP contribution >= 0.6 is 0 Å². The van der Waals surface area contributed by atoms with Gasteiger partial charge in [0.25, 0.3) is 0 Å². The van der Waals surface area contributed by atoms with E-state index in [9.17, 15) is 4.79 Å². The van der Waals surface area contributed by atoms with Crippen molar-refractivity contribution < 1.29 is 4.79 Å². The van der Waals surface area contributed by atoms with Gasteiger partial charge in [0.15, 0.2) is 0 Å². The van der Waals surface area contributed by atoms with E-state index in [0.29, 0.717) is 12.3 Å². The average Bonchev–Trinajstić information content (AvgIpc) is 2.31. The fourth-order valence-electron chi connectivity index (χ4n) is 1.79. The van der Waals surface area contributed by atoms with Gasteiger partial charge in [-0.05, 0) is 36.8 Å². The number of aryl methyl sites for hydroxylation is 1. The maximum atomic E-state index is 11.6. The third-order valence-corrected chi connectivity index (χ3v) is 2.95. The van der Waals surface area contributed by atoms with Crippen molar-refractivity contribution in [2.75, 3.05) is 12.3 Å². The standard InChI is InChI=1S/C15H24N2O/c1-12(2)10-11-17-15(18)9-5-7-13-6-3-4-8-14(13)16/h3-4,6,8,12H,5,7,9-11,16H2,1-2H3,(H,17,18). The number of hydrogen-bond donors (Lipinski definition) is 2. The molecule has 0 aliphatic rings. The quantitative estimate of drug-likeness (QED) is 0.729. The van der Waals surface area contributed by atoms with Crippen molar-refractivity contribution >= 4 is 11.6 Å². The monoisotopic (exact) mass is 248 g/mol. The molecular formula is C15H24N2O. The van der Waals surface area contributed by atoms with E-state index in [4.69, 9.17) is 5.73 Å². The van der Waals surface area contributed by atoms with Crippen molar-refractivity contribution in [3.8, 4) is 0 Å². The van der Waals surface area contributed by atoms with Crippen molar-refractivity contribution in [1.29, 1.82) is 0 Å². The number of nitrogen functional groups attached to an aromatic ring is 1. The third-order valence-electron chi connectivity index (χ3n) is 2.95. The molecule has 0 aromatic heterocycles. The van der Waals surface area contributed by atoms with Crippen LogP contribution in [0.15, 0.2) is 24.3 Å². The Labute approximate surface area is 110 Å². The molecule has 18 heavy (non-hydrogen) atoms. The van der Waals surface area contributed by atoms with Crippen LogP contribution in [0.3, 0.4) is 0 Å². The largest absolute Gasteiger partial charge is 0.399 e. The molecule has 100 valence electrons. The number of nitrogens with two attached hydrogens (primary N) is 1. The van der Waals surface area contributed by atoms with E-state index in [2.05, 4.69) is 19.2 Å². The summed E-state index contributed by atoms with van der Waals surface area (Å²) in [5, 5.41) is 2.94. The van der Waals surface area contributed by atoms with Gasteiger partial charge in [-0.25, -0.2) is 0 Å². The molecule has 0 radical (unpaired) electrons. The summed E-state index contributed by atoms with van der Waals surface area (Å²) in [6.45, 7) is 5.10. The molecule has 3 N–H and O–H groups in total. The van der Waals surface area contributed by atoms with E-state index in [1.54, 1.807) is 0 Å². The Morgan fingerprint density at radius 1 is 1.33 bits per heavy atom. The Hall–Kier alpha value is -1.51. The highest BCUT2D eigenvalue weighted by atomic mass is 16.1. The molecule has 0 saturated carbocycles. The normalized spacial score (nSPS) is 10.6. The highest BCUT2D eigenvalue weighted by Gasteiger charge is 2.03. The van der Waals surface area contributed by atoms with E-state index in [-0.39, 0.29) is 5.91 Å². The van der Waals surface area contributed by atoms with Crippen LogP contribution in [0.1, 0.15) is 38.7 Å². The maximum Gasteiger partial charge on any atom is 0.220 e. The van der Waals surface area contributed by atoms with Crippen LogP contribution in [0.5, 0.6) is 0 Å². The molecule has 3 nitrogen and oxygen atoms in total. The average molecular weight is 248 g/mol. The summed E-state index contributed by atoms with van der Waals surface area (Å²) >= 11 is 0. The molecule has 3 heteroatoms. The Kier molecular flexibility index (Phi) is 6.26. The van der Waals surface area contributed by atoms with Crippen LogP contribution < -0.4 is 11.1 Å². The smallest absolute Gasteiger partial charge is 0.220 e. The number of anilines is 1. The number of carbonyl (C=O) groups excluding carboxylic acids is 1. The summed E-state index contributed by atoms with van der Waals surface area (Å²) in [6, 6.07) is 7.83. The van der Waals surface area contributed by atoms with Crippen LogP contribution in [0, 0.1) is 5.92 Å². The Bertz CT molecular complexity index is 375. The third kappa shape index (κ3) is 5.71. The SMILES string of the molecule is CC(C)CCNC(=O)CCCc1ccccc1N. The summed E-state index contributed by atoms with van der Waals surface area (Å²) in [5.41, 5.74) is 7.80. The minimum Gasteiger partial charge on any atom is -0.399 e. The number of hydrogen-bond acceptors (Lipinski definition) is 2. The Balaban J connectivity index is 2.18. The molecule has 1 rings (SSSR count). The number of para-hydroxylation sites is 1. The van der Waals surface area contributed by atoms with Gasteiger partial charge < -0.3 is 11.1 Å². The highest BCUT2D eigenvalue weighted by molar-refractivity contribution is 5.75. The summed E-state index contributed by atoms with van der Waals surface area (Å²) in [4.78, 5) is 11.6. The van der Waals surface area contributed by atoms with Gasteiger partial charge >= 0.3 is 0 Å². The molecule has 0 unspecified atom stereocenters. The van der Waals surface area contributed by atoms with Crippen LogP contribution in [-0.4, -0.2) is 12.5 Å². The van der Waals surface area contributed by atoms with Gasteiger partial charge in [0, 0.05) is 18.7 Å². The lowest BCUT2D eigenvalue weighted by Crippen LogP contribution is -2.25. The van der Waals surface area contributed by atoms with Gasteiger partial charge in [0.2, 0.25) is 5.91 Å². The highest BCUT2D eigenvalue weighted by Crippen LogP contribution is 2.13. The number of carbonyl (C=O) groups is 1. The van der Waals surface area contributed by atoms with Gasteiger partial charge in [0.05, 0.1) is 0 Å². The van der Waals surface area contributed by atoms with Gasteiger partial charge in [0.1, 0.15) is 0 Å². The molecule has 0 bridgehead atoms. The molecule has 0 spiro atoms. The predicted molar refractivity (Wildman–Crippen MR) is 76.3 cm³/mol. The van der Waals surface area contributed by atoms with Gasteiger partial charge in [-0.15, -0.1) is 0 Å².